The lowest BCUT2D eigenvalue weighted by Gasteiger charge is -2.43. The van der Waals surface area contributed by atoms with Crippen LogP contribution in [0, 0.1) is 11.6 Å². The van der Waals surface area contributed by atoms with E-state index in [1.54, 1.807) is 19.9 Å². The van der Waals surface area contributed by atoms with Gasteiger partial charge in [0.15, 0.2) is 5.69 Å². The Hall–Kier alpha value is -4.08. The second-order valence-electron chi connectivity index (χ2n) is 8.36. The van der Waals surface area contributed by atoms with Gasteiger partial charge >= 0.3 is 5.97 Å². The van der Waals surface area contributed by atoms with Crippen LogP contribution < -0.4 is 5.32 Å². The fourth-order valence-corrected chi connectivity index (χ4v) is 3.97. The fraction of sp³-hybridized carbons (Fsp3) is 0.280. The molecule has 1 aliphatic rings. The zero-order chi connectivity index (χ0) is 25.2. The Balaban J connectivity index is 1.67. The normalized spacial score (nSPS) is 17.1. The molecule has 2 amide bonds. The van der Waals surface area contributed by atoms with Gasteiger partial charge in [0.1, 0.15) is 22.9 Å². The number of nitrogens with zero attached hydrogens (tertiary/aromatic N) is 3. The summed E-state index contributed by atoms with van der Waals surface area (Å²) in [6.45, 7) is 3.19. The van der Waals surface area contributed by atoms with Gasteiger partial charge in [0.05, 0.1) is 19.7 Å². The maximum absolute atomic E-state index is 14.5. The quantitative estimate of drug-likeness (QED) is 0.523. The number of hydrogen-bond acceptors (Lipinski definition) is 5. The molecule has 1 aliphatic heterocycles. The second kappa shape index (κ2) is 9.65. The van der Waals surface area contributed by atoms with Crippen molar-refractivity contribution in [2.45, 2.75) is 39.0 Å². The van der Waals surface area contributed by atoms with Crippen molar-refractivity contribution in [1.29, 1.82) is 0 Å². The standard InChI is InChI=1S/C25H24F2N4O4/c1-3-35-23(33)20-12-21-22(32)30(14-17-6-4-5-7-19(17)27)25(2,15-31(21)29-20)24(34)28-13-16-8-10-18(26)11-9-16/h4-12H,3,13-15H2,1-2H3,(H,28,34). The molecule has 0 saturated carbocycles. The van der Waals surface area contributed by atoms with Gasteiger partial charge in [-0.05, 0) is 37.6 Å². The van der Waals surface area contributed by atoms with Crippen LogP contribution in [-0.4, -0.2) is 44.6 Å². The van der Waals surface area contributed by atoms with E-state index >= 15 is 0 Å². The van der Waals surface area contributed by atoms with Crippen LogP contribution in [0.5, 0.6) is 0 Å². The van der Waals surface area contributed by atoms with Crippen molar-refractivity contribution in [3.8, 4) is 0 Å². The van der Waals surface area contributed by atoms with E-state index in [2.05, 4.69) is 10.4 Å². The number of carbonyl (C=O) groups excluding carboxylic acids is 3. The van der Waals surface area contributed by atoms with Crippen LogP contribution in [0.15, 0.2) is 54.6 Å². The zero-order valence-corrected chi connectivity index (χ0v) is 19.3. The van der Waals surface area contributed by atoms with E-state index in [9.17, 15) is 23.2 Å². The lowest BCUT2D eigenvalue weighted by Crippen LogP contribution is -2.63. The van der Waals surface area contributed by atoms with Crippen LogP contribution in [0.1, 0.15) is 46.0 Å². The van der Waals surface area contributed by atoms with E-state index in [1.807, 2.05) is 0 Å². The highest BCUT2D eigenvalue weighted by Gasteiger charge is 2.48. The van der Waals surface area contributed by atoms with Crippen LogP contribution in [-0.2, 0) is 29.2 Å². The molecule has 1 N–H and O–H groups in total. The molecule has 4 rings (SSSR count). The number of aromatic nitrogens is 2. The van der Waals surface area contributed by atoms with Crippen LogP contribution >= 0.6 is 0 Å². The zero-order valence-electron chi connectivity index (χ0n) is 19.3. The molecular formula is C25H24F2N4O4. The summed E-state index contributed by atoms with van der Waals surface area (Å²) in [5.74, 6) is -2.69. The van der Waals surface area contributed by atoms with E-state index in [-0.39, 0.29) is 43.2 Å². The first-order valence-electron chi connectivity index (χ1n) is 11.1. The number of fused-ring (bicyclic) bond motifs is 1. The maximum Gasteiger partial charge on any atom is 0.358 e. The summed E-state index contributed by atoms with van der Waals surface area (Å²) in [6.07, 6.45) is 0. The molecule has 0 fully saturated rings. The van der Waals surface area contributed by atoms with Gasteiger partial charge in [0, 0.05) is 18.2 Å². The molecule has 1 aromatic heterocycles. The number of halogens is 2. The van der Waals surface area contributed by atoms with Crippen LogP contribution in [0.4, 0.5) is 8.78 Å². The Labute approximate surface area is 200 Å². The lowest BCUT2D eigenvalue weighted by atomic mass is 9.94. The molecule has 35 heavy (non-hydrogen) atoms. The summed E-state index contributed by atoms with van der Waals surface area (Å²) in [4.78, 5) is 40.4. The van der Waals surface area contributed by atoms with Gasteiger partial charge in [-0.15, -0.1) is 0 Å². The Morgan fingerprint density at radius 2 is 1.86 bits per heavy atom. The van der Waals surface area contributed by atoms with Crippen molar-refractivity contribution in [2.75, 3.05) is 6.61 Å². The maximum atomic E-state index is 14.5. The summed E-state index contributed by atoms with van der Waals surface area (Å²) in [6, 6.07) is 12.9. The summed E-state index contributed by atoms with van der Waals surface area (Å²) < 4.78 is 34.0. The number of rotatable bonds is 7. The van der Waals surface area contributed by atoms with Gasteiger partial charge in [0.25, 0.3) is 5.91 Å². The first-order valence-corrected chi connectivity index (χ1v) is 11.1. The van der Waals surface area contributed by atoms with Crippen molar-refractivity contribution >= 4 is 17.8 Å². The van der Waals surface area contributed by atoms with Crippen molar-refractivity contribution in [2.24, 2.45) is 0 Å². The predicted octanol–water partition coefficient (Wildman–Crippen LogP) is 3.07. The first kappa shape index (κ1) is 24.1. The van der Waals surface area contributed by atoms with E-state index in [1.165, 1.54) is 58.1 Å². The number of benzene rings is 2. The van der Waals surface area contributed by atoms with Crippen molar-refractivity contribution in [3.63, 3.8) is 0 Å². The molecule has 2 heterocycles. The molecule has 8 nitrogen and oxygen atoms in total. The molecule has 3 aromatic rings. The molecule has 10 heteroatoms. The SMILES string of the molecule is CCOC(=O)c1cc2n(n1)CC(C)(C(=O)NCc1ccc(F)cc1)N(Cc1ccccc1F)C2=O. The molecule has 0 aliphatic carbocycles. The highest BCUT2D eigenvalue weighted by Crippen LogP contribution is 2.30. The van der Waals surface area contributed by atoms with Gasteiger partial charge < -0.3 is 15.0 Å². The third-order valence-corrected chi connectivity index (χ3v) is 5.92. The van der Waals surface area contributed by atoms with Crippen LogP contribution in [0.3, 0.4) is 0 Å². The molecule has 2 aromatic carbocycles. The molecule has 1 unspecified atom stereocenters. The summed E-state index contributed by atoms with van der Waals surface area (Å²) in [7, 11) is 0. The van der Waals surface area contributed by atoms with Gasteiger partial charge in [0.2, 0.25) is 5.91 Å². The fourth-order valence-electron chi connectivity index (χ4n) is 3.97. The smallest absolute Gasteiger partial charge is 0.358 e. The molecule has 0 bridgehead atoms. The van der Waals surface area contributed by atoms with Crippen molar-refractivity contribution in [3.05, 3.63) is 88.7 Å². The molecule has 0 spiro atoms. The van der Waals surface area contributed by atoms with Crippen molar-refractivity contribution in [1.82, 2.24) is 20.0 Å². The molecule has 182 valence electrons. The first-order chi connectivity index (χ1) is 16.7. The van der Waals surface area contributed by atoms with Gasteiger partial charge in [-0.25, -0.2) is 13.6 Å². The van der Waals surface area contributed by atoms with Crippen molar-refractivity contribution < 1.29 is 27.9 Å². The Morgan fingerprint density at radius 3 is 2.54 bits per heavy atom. The second-order valence-corrected chi connectivity index (χ2v) is 8.36. The Bertz CT molecular complexity index is 1270. The number of hydrogen-bond donors (Lipinski definition) is 1. The highest BCUT2D eigenvalue weighted by molar-refractivity contribution is 6.01. The Kier molecular flexibility index (Phi) is 6.63. The topological polar surface area (TPSA) is 93.5 Å². The van der Waals surface area contributed by atoms with Gasteiger partial charge in [-0.3, -0.25) is 14.3 Å². The average molecular weight is 482 g/mol. The van der Waals surface area contributed by atoms with Crippen LogP contribution in [0.25, 0.3) is 0 Å². The van der Waals surface area contributed by atoms with E-state index in [0.717, 1.165) is 0 Å². The minimum absolute atomic E-state index is 0.0583. The van der Waals surface area contributed by atoms with Gasteiger partial charge in [-0.1, -0.05) is 30.3 Å². The largest absolute Gasteiger partial charge is 0.461 e. The number of ether oxygens (including phenoxy) is 1. The minimum Gasteiger partial charge on any atom is -0.461 e. The van der Waals surface area contributed by atoms with Gasteiger partial charge in [-0.2, -0.15) is 5.10 Å². The Morgan fingerprint density at radius 1 is 1.14 bits per heavy atom. The highest BCUT2D eigenvalue weighted by atomic mass is 19.1. The number of esters is 1. The van der Waals surface area contributed by atoms with E-state index in [0.29, 0.717) is 5.56 Å². The predicted molar refractivity (Wildman–Crippen MR) is 121 cm³/mol. The molecule has 0 saturated heterocycles. The number of amides is 2. The molecule has 1 atom stereocenters. The third-order valence-electron chi connectivity index (χ3n) is 5.92. The van der Waals surface area contributed by atoms with E-state index in [4.69, 9.17) is 4.74 Å². The molecule has 0 radical (unpaired) electrons. The summed E-state index contributed by atoms with van der Waals surface area (Å²) >= 11 is 0. The number of nitrogens with one attached hydrogen (secondary N) is 1. The average Bonchev–Trinajstić information content (AvgIpc) is 3.26. The van der Waals surface area contributed by atoms with E-state index < -0.39 is 35.0 Å². The number of carbonyl (C=O) groups is 3. The minimum atomic E-state index is -1.47. The summed E-state index contributed by atoms with van der Waals surface area (Å²) in [5, 5.41) is 6.96. The monoisotopic (exact) mass is 482 g/mol. The lowest BCUT2D eigenvalue weighted by molar-refractivity contribution is -0.133. The van der Waals surface area contributed by atoms with Crippen LogP contribution in [0.2, 0.25) is 0 Å². The summed E-state index contributed by atoms with van der Waals surface area (Å²) in [5.41, 5.74) is -0.539. The third kappa shape index (κ3) is 4.77. The molecular weight excluding hydrogens is 458 g/mol.